The number of para-hydroxylation sites is 1. The molecular weight excluding hydrogens is 438 g/mol. The van der Waals surface area contributed by atoms with E-state index in [1.807, 2.05) is 26.2 Å². The Hall–Kier alpha value is -2.29. The van der Waals surface area contributed by atoms with Crippen LogP contribution in [0.25, 0.3) is 0 Å². The van der Waals surface area contributed by atoms with Gasteiger partial charge in [0.2, 0.25) is 0 Å². The summed E-state index contributed by atoms with van der Waals surface area (Å²) < 4.78 is 33.7. The lowest BCUT2D eigenvalue weighted by Crippen LogP contribution is -2.45. The van der Waals surface area contributed by atoms with Gasteiger partial charge in [-0.2, -0.15) is 0 Å². The average molecular weight is 466 g/mol. The third-order valence-corrected chi connectivity index (χ3v) is 7.20. The molecule has 3 rings (SSSR count). The predicted molar refractivity (Wildman–Crippen MR) is 122 cm³/mol. The molecule has 0 bridgehead atoms. The smallest absolute Gasteiger partial charge is 0.409 e. The first kappa shape index (κ1) is 23.4. The van der Waals surface area contributed by atoms with Crippen LogP contribution in [0.15, 0.2) is 53.4 Å². The van der Waals surface area contributed by atoms with E-state index in [0.717, 1.165) is 18.5 Å². The number of hydrogen-bond donors (Lipinski definition) is 0. The number of fused-ring (bicyclic) bond motifs is 1. The third kappa shape index (κ3) is 5.70. The van der Waals surface area contributed by atoms with Crippen molar-refractivity contribution in [3.8, 4) is 0 Å². The molecule has 0 aromatic heterocycles. The molecule has 0 saturated heterocycles. The second kappa shape index (κ2) is 9.89. The number of carbonyl (C=O) groups excluding carboxylic acids is 1. The predicted octanol–water partition coefficient (Wildman–Crippen LogP) is 3.48. The molecule has 0 spiro atoms. The first-order chi connectivity index (χ1) is 14.7. The molecule has 0 saturated carbocycles. The van der Waals surface area contributed by atoms with Gasteiger partial charge in [-0.15, -0.1) is 0 Å². The van der Waals surface area contributed by atoms with E-state index in [4.69, 9.17) is 16.3 Å². The number of sulfonamides is 1. The molecule has 0 N–H and O–H groups in total. The largest absolute Gasteiger partial charge is 0.444 e. The molecule has 0 fully saturated rings. The Morgan fingerprint density at radius 2 is 1.77 bits per heavy atom. The van der Waals surface area contributed by atoms with Gasteiger partial charge in [-0.1, -0.05) is 29.8 Å². The zero-order valence-corrected chi connectivity index (χ0v) is 19.6. The Labute approximate surface area is 189 Å². The van der Waals surface area contributed by atoms with Crippen molar-refractivity contribution < 1.29 is 17.9 Å². The van der Waals surface area contributed by atoms with Crippen molar-refractivity contribution in [2.24, 2.45) is 0 Å². The summed E-state index contributed by atoms with van der Waals surface area (Å²) >= 11 is 5.92. The van der Waals surface area contributed by atoms with Gasteiger partial charge in [-0.25, -0.2) is 13.2 Å². The molecule has 1 aliphatic heterocycles. The normalized spacial score (nSPS) is 16.2. The van der Waals surface area contributed by atoms with Crippen molar-refractivity contribution in [2.45, 2.75) is 23.8 Å². The van der Waals surface area contributed by atoms with Crippen molar-refractivity contribution >= 4 is 33.4 Å². The summed E-state index contributed by atoms with van der Waals surface area (Å²) in [6.45, 7) is 1.48. The van der Waals surface area contributed by atoms with Gasteiger partial charge in [-0.3, -0.25) is 4.31 Å². The van der Waals surface area contributed by atoms with E-state index >= 15 is 0 Å². The second-order valence-electron chi connectivity index (χ2n) is 7.91. The van der Waals surface area contributed by atoms with E-state index in [1.54, 1.807) is 31.3 Å². The van der Waals surface area contributed by atoms with Crippen molar-refractivity contribution in [1.29, 1.82) is 0 Å². The van der Waals surface area contributed by atoms with Gasteiger partial charge in [-0.05, 0) is 63.0 Å². The van der Waals surface area contributed by atoms with Gasteiger partial charge in [0.1, 0.15) is 6.10 Å². The molecule has 1 aliphatic rings. The quantitative estimate of drug-likeness (QED) is 0.626. The van der Waals surface area contributed by atoms with Crippen LogP contribution in [0.2, 0.25) is 5.02 Å². The monoisotopic (exact) mass is 465 g/mol. The number of rotatable bonds is 7. The molecule has 0 radical (unpaired) electrons. The summed E-state index contributed by atoms with van der Waals surface area (Å²) in [7, 11) is 1.81. The van der Waals surface area contributed by atoms with Gasteiger partial charge < -0.3 is 14.5 Å². The number of hydrogen-bond acceptors (Lipinski definition) is 5. The maximum absolute atomic E-state index is 13.4. The van der Waals surface area contributed by atoms with Gasteiger partial charge in [0.05, 0.1) is 17.1 Å². The lowest BCUT2D eigenvalue weighted by molar-refractivity contribution is 0.0708. The first-order valence-electron chi connectivity index (χ1n) is 10.1. The van der Waals surface area contributed by atoms with Crippen LogP contribution in [0.1, 0.15) is 12.0 Å². The van der Waals surface area contributed by atoms with Gasteiger partial charge in [0.15, 0.2) is 0 Å². The molecule has 9 heteroatoms. The van der Waals surface area contributed by atoms with E-state index in [9.17, 15) is 13.2 Å². The number of halogens is 1. The topological polar surface area (TPSA) is 70.2 Å². The molecule has 1 heterocycles. The average Bonchev–Trinajstić information content (AvgIpc) is 2.73. The Bertz CT molecular complexity index is 1010. The number of amides is 1. The minimum Gasteiger partial charge on any atom is -0.444 e. The van der Waals surface area contributed by atoms with Crippen LogP contribution in [0, 0.1) is 0 Å². The van der Waals surface area contributed by atoms with E-state index < -0.39 is 22.2 Å². The summed E-state index contributed by atoms with van der Waals surface area (Å²) in [4.78, 5) is 16.3. The van der Waals surface area contributed by atoms with E-state index in [1.165, 1.54) is 21.3 Å². The van der Waals surface area contributed by atoms with Crippen LogP contribution < -0.4 is 4.31 Å². The molecule has 2 aromatic rings. The highest BCUT2D eigenvalue weighted by molar-refractivity contribution is 7.92. The van der Waals surface area contributed by atoms with E-state index in [0.29, 0.717) is 23.7 Å². The van der Waals surface area contributed by atoms with Gasteiger partial charge in [0, 0.05) is 25.0 Å². The van der Waals surface area contributed by atoms with Crippen molar-refractivity contribution in [3.05, 3.63) is 59.1 Å². The Morgan fingerprint density at radius 1 is 1.10 bits per heavy atom. The summed E-state index contributed by atoms with van der Waals surface area (Å²) in [5.74, 6) is 0. The summed E-state index contributed by atoms with van der Waals surface area (Å²) in [5, 5.41) is 0.460. The van der Waals surface area contributed by atoms with Crippen LogP contribution in [-0.4, -0.2) is 71.2 Å². The zero-order valence-electron chi connectivity index (χ0n) is 18.0. The standard InChI is InChI=1S/C22H28ClN3O4S/c1-24(2)13-6-14-25(3)22(27)30-19-15-17-7-4-5-8-21(17)26(16-19)31(28,29)20-11-9-18(23)10-12-20/h4-5,7-12,19H,6,13-16H2,1-3H3/t19-/m1/s1. The lowest BCUT2D eigenvalue weighted by Gasteiger charge is -2.35. The fourth-order valence-corrected chi connectivity index (χ4v) is 5.17. The summed E-state index contributed by atoms with van der Waals surface area (Å²) in [5.41, 5.74) is 1.42. The first-order valence-corrected chi connectivity index (χ1v) is 11.9. The number of carbonyl (C=O) groups is 1. The molecule has 1 atom stereocenters. The SMILES string of the molecule is CN(C)CCCN(C)C(=O)O[C@@H]1Cc2ccccc2N(S(=O)(=O)c2ccc(Cl)cc2)C1. The number of benzene rings is 2. The Kier molecular flexibility index (Phi) is 7.46. The van der Waals surface area contributed by atoms with Crippen LogP contribution in [0.3, 0.4) is 0 Å². The molecule has 0 unspecified atom stereocenters. The molecule has 168 valence electrons. The molecule has 1 amide bonds. The van der Waals surface area contributed by atoms with Gasteiger partial charge >= 0.3 is 6.09 Å². The molecule has 0 aliphatic carbocycles. The van der Waals surface area contributed by atoms with Crippen molar-refractivity contribution in [1.82, 2.24) is 9.80 Å². The summed E-state index contributed by atoms with van der Waals surface area (Å²) in [6, 6.07) is 13.3. The fraction of sp³-hybridized carbons (Fsp3) is 0.409. The molecule has 7 nitrogen and oxygen atoms in total. The maximum Gasteiger partial charge on any atom is 0.409 e. The fourth-order valence-electron chi connectivity index (χ4n) is 3.51. The lowest BCUT2D eigenvalue weighted by atomic mass is 10.0. The third-order valence-electron chi connectivity index (χ3n) is 5.16. The second-order valence-corrected chi connectivity index (χ2v) is 10.2. The van der Waals surface area contributed by atoms with Crippen molar-refractivity contribution in [3.63, 3.8) is 0 Å². The highest BCUT2D eigenvalue weighted by Crippen LogP contribution is 2.33. The summed E-state index contributed by atoms with van der Waals surface area (Å²) in [6.07, 6.45) is 0.247. The highest BCUT2D eigenvalue weighted by atomic mass is 35.5. The molecule has 2 aromatic carbocycles. The van der Waals surface area contributed by atoms with Crippen molar-refractivity contribution in [2.75, 3.05) is 45.1 Å². The van der Waals surface area contributed by atoms with Gasteiger partial charge in [0.25, 0.3) is 10.0 Å². The Morgan fingerprint density at radius 3 is 2.45 bits per heavy atom. The molecular formula is C22H28ClN3O4S. The molecule has 31 heavy (non-hydrogen) atoms. The van der Waals surface area contributed by atoms with Crippen LogP contribution >= 0.6 is 11.6 Å². The van der Waals surface area contributed by atoms with Crippen LogP contribution in [0.5, 0.6) is 0 Å². The van der Waals surface area contributed by atoms with Crippen LogP contribution in [-0.2, 0) is 21.2 Å². The van der Waals surface area contributed by atoms with E-state index in [2.05, 4.69) is 4.90 Å². The number of anilines is 1. The van der Waals surface area contributed by atoms with E-state index in [-0.39, 0.29) is 11.4 Å². The zero-order chi connectivity index (χ0) is 22.6. The number of ether oxygens (including phenoxy) is 1. The minimum absolute atomic E-state index is 0.0548. The maximum atomic E-state index is 13.4. The number of nitrogens with zero attached hydrogens (tertiary/aromatic N) is 3. The highest BCUT2D eigenvalue weighted by Gasteiger charge is 2.35. The minimum atomic E-state index is -3.84. The van der Waals surface area contributed by atoms with Crippen LogP contribution in [0.4, 0.5) is 10.5 Å². The Balaban J connectivity index is 1.79.